The van der Waals surface area contributed by atoms with Crippen LogP contribution in [-0.4, -0.2) is 18.1 Å². The van der Waals surface area contributed by atoms with Crippen LogP contribution in [0.3, 0.4) is 0 Å². The molecular weight excluding hydrogens is 276 g/mol. The van der Waals surface area contributed by atoms with Crippen molar-refractivity contribution in [3.05, 3.63) is 40.5 Å². The highest BCUT2D eigenvalue weighted by atomic mass is 79.9. The number of aromatic nitrogens is 1. The molecule has 1 unspecified atom stereocenters. The van der Waals surface area contributed by atoms with E-state index in [4.69, 9.17) is 4.98 Å². The summed E-state index contributed by atoms with van der Waals surface area (Å²) in [5, 5.41) is 4.64. The quantitative estimate of drug-likeness (QED) is 0.870. The van der Waals surface area contributed by atoms with Gasteiger partial charge in [-0.1, -0.05) is 22.0 Å². The van der Waals surface area contributed by atoms with Gasteiger partial charge >= 0.3 is 0 Å². The first-order valence-electron chi connectivity index (χ1n) is 6.10. The maximum atomic E-state index is 4.78. The number of pyridine rings is 1. The van der Waals surface area contributed by atoms with Crippen molar-refractivity contribution in [2.45, 2.75) is 18.8 Å². The van der Waals surface area contributed by atoms with Gasteiger partial charge in [0.25, 0.3) is 0 Å². The number of hydrogen-bond acceptors (Lipinski definition) is 2. The Bertz CT molecular complexity index is 533. The second kappa shape index (κ2) is 4.75. The van der Waals surface area contributed by atoms with Crippen LogP contribution in [0.5, 0.6) is 0 Å². The maximum absolute atomic E-state index is 4.78. The molecule has 1 aromatic heterocycles. The molecule has 1 fully saturated rings. The molecule has 3 heteroatoms. The molecular formula is C14H15BrN2. The van der Waals surface area contributed by atoms with Crippen LogP contribution in [0.1, 0.15) is 24.5 Å². The van der Waals surface area contributed by atoms with Crippen molar-refractivity contribution in [1.82, 2.24) is 10.3 Å². The molecule has 0 amide bonds. The average Bonchev–Trinajstić information content (AvgIpc) is 2.39. The molecule has 2 nitrogen and oxygen atoms in total. The van der Waals surface area contributed by atoms with E-state index in [2.05, 4.69) is 51.6 Å². The predicted octanol–water partition coefficient (Wildman–Crippen LogP) is 3.46. The van der Waals surface area contributed by atoms with E-state index in [0.29, 0.717) is 5.92 Å². The molecule has 0 bridgehead atoms. The largest absolute Gasteiger partial charge is 0.316 e. The fraction of sp³-hybridized carbons (Fsp3) is 0.357. The predicted molar refractivity (Wildman–Crippen MR) is 74.3 cm³/mol. The van der Waals surface area contributed by atoms with E-state index >= 15 is 0 Å². The smallest absolute Gasteiger partial charge is 0.0706 e. The Morgan fingerprint density at radius 1 is 1.24 bits per heavy atom. The van der Waals surface area contributed by atoms with Crippen LogP contribution in [0.15, 0.2) is 34.8 Å². The topological polar surface area (TPSA) is 24.9 Å². The minimum absolute atomic E-state index is 0.580. The zero-order valence-corrected chi connectivity index (χ0v) is 11.2. The molecule has 88 valence electrons. The number of nitrogens with zero attached hydrogens (tertiary/aromatic N) is 1. The Balaban J connectivity index is 1.98. The van der Waals surface area contributed by atoms with Crippen molar-refractivity contribution in [3.8, 4) is 0 Å². The molecule has 17 heavy (non-hydrogen) atoms. The fourth-order valence-corrected chi connectivity index (χ4v) is 2.82. The van der Waals surface area contributed by atoms with Crippen molar-refractivity contribution in [2.24, 2.45) is 0 Å². The molecule has 1 N–H and O–H groups in total. The van der Waals surface area contributed by atoms with E-state index in [1.54, 1.807) is 0 Å². The zero-order valence-electron chi connectivity index (χ0n) is 9.62. The Labute approximate surface area is 110 Å². The maximum Gasteiger partial charge on any atom is 0.0706 e. The highest BCUT2D eigenvalue weighted by Gasteiger charge is 2.16. The van der Waals surface area contributed by atoms with Gasteiger partial charge in [-0.2, -0.15) is 0 Å². The second-order valence-corrected chi connectivity index (χ2v) is 5.53. The van der Waals surface area contributed by atoms with Gasteiger partial charge in [0.15, 0.2) is 0 Å². The summed E-state index contributed by atoms with van der Waals surface area (Å²) in [6.45, 7) is 2.21. The van der Waals surface area contributed by atoms with E-state index in [1.807, 2.05) is 0 Å². The normalized spacial score (nSPS) is 20.6. The lowest BCUT2D eigenvalue weighted by Crippen LogP contribution is -2.28. The average molecular weight is 291 g/mol. The highest BCUT2D eigenvalue weighted by Crippen LogP contribution is 2.25. The van der Waals surface area contributed by atoms with Gasteiger partial charge in [-0.3, -0.25) is 4.98 Å². The third-order valence-electron chi connectivity index (χ3n) is 3.39. The molecule has 1 aliphatic rings. The number of nitrogens with one attached hydrogen (secondary N) is 1. The third-order valence-corrected chi connectivity index (χ3v) is 3.88. The number of benzene rings is 1. The van der Waals surface area contributed by atoms with Gasteiger partial charge in [0.1, 0.15) is 0 Å². The molecule has 1 aliphatic heterocycles. The number of fused-ring (bicyclic) bond motifs is 1. The van der Waals surface area contributed by atoms with Crippen LogP contribution in [0.4, 0.5) is 0 Å². The molecule has 0 aliphatic carbocycles. The molecule has 2 aromatic rings. The summed E-state index contributed by atoms with van der Waals surface area (Å²) in [5.74, 6) is 0.580. The summed E-state index contributed by atoms with van der Waals surface area (Å²) in [5.41, 5.74) is 2.32. The van der Waals surface area contributed by atoms with Crippen LogP contribution >= 0.6 is 15.9 Å². The molecule has 2 heterocycles. The lowest BCUT2D eigenvalue weighted by molar-refractivity contribution is 0.455. The first-order valence-corrected chi connectivity index (χ1v) is 6.89. The number of hydrogen-bond donors (Lipinski definition) is 1. The second-order valence-electron chi connectivity index (χ2n) is 4.62. The van der Waals surface area contributed by atoms with Gasteiger partial charge in [0, 0.05) is 28.0 Å². The van der Waals surface area contributed by atoms with Gasteiger partial charge in [0.2, 0.25) is 0 Å². The number of halogens is 1. The number of piperidine rings is 1. The Morgan fingerprint density at radius 2 is 2.18 bits per heavy atom. The van der Waals surface area contributed by atoms with E-state index in [0.717, 1.165) is 23.1 Å². The number of rotatable bonds is 1. The lowest BCUT2D eigenvalue weighted by Gasteiger charge is -2.22. The highest BCUT2D eigenvalue weighted by molar-refractivity contribution is 9.10. The summed E-state index contributed by atoms with van der Waals surface area (Å²) in [7, 11) is 0. The monoisotopic (exact) mass is 290 g/mol. The van der Waals surface area contributed by atoms with Crippen LogP contribution in [0.2, 0.25) is 0 Å². The molecule has 0 radical (unpaired) electrons. The first kappa shape index (κ1) is 11.2. The molecule has 3 rings (SSSR count). The van der Waals surface area contributed by atoms with Gasteiger partial charge in [-0.15, -0.1) is 0 Å². The van der Waals surface area contributed by atoms with Crippen LogP contribution in [0, 0.1) is 0 Å². The zero-order chi connectivity index (χ0) is 11.7. The Hall–Kier alpha value is -0.930. The van der Waals surface area contributed by atoms with Gasteiger partial charge < -0.3 is 5.32 Å². The van der Waals surface area contributed by atoms with Crippen LogP contribution < -0.4 is 5.32 Å². The van der Waals surface area contributed by atoms with Crippen molar-refractivity contribution >= 4 is 26.8 Å². The molecule has 0 saturated carbocycles. The standard InChI is InChI=1S/C14H15BrN2/c15-12-4-6-13-10(8-12)3-5-14(17-13)11-2-1-7-16-9-11/h3-6,8,11,16H,1-2,7,9H2. The van der Waals surface area contributed by atoms with Crippen molar-refractivity contribution in [3.63, 3.8) is 0 Å². The first-order chi connectivity index (χ1) is 8.33. The summed E-state index contributed by atoms with van der Waals surface area (Å²) >= 11 is 3.49. The SMILES string of the molecule is Brc1ccc2nc(C3CCCNC3)ccc2c1. The summed E-state index contributed by atoms with van der Waals surface area (Å²) in [6.07, 6.45) is 2.51. The van der Waals surface area contributed by atoms with Crippen molar-refractivity contribution in [2.75, 3.05) is 13.1 Å². The Morgan fingerprint density at radius 3 is 3.00 bits per heavy atom. The molecule has 1 saturated heterocycles. The Kier molecular flexibility index (Phi) is 3.12. The third kappa shape index (κ3) is 2.35. The molecule has 0 spiro atoms. The summed E-state index contributed by atoms with van der Waals surface area (Å²) < 4.78 is 1.11. The van der Waals surface area contributed by atoms with E-state index in [9.17, 15) is 0 Å². The van der Waals surface area contributed by atoms with Crippen molar-refractivity contribution < 1.29 is 0 Å². The molecule has 1 atom stereocenters. The van der Waals surface area contributed by atoms with E-state index in [-0.39, 0.29) is 0 Å². The van der Waals surface area contributed by atoms with Gasteiger partial charge in [-0.25, -0.2) is 0 Å². The summed E-state index contributed by atoms with van der Waals surface area (Å²) in [6, 6.07) is 10.6. The van der Waals surface area contributed by atoms with Gasteiger partial charge in [-0.05, 0) is 43.7 Å². The van der Waals surface area contributed by atoms with Crippen molar-refractivity contribution in [1.29, 1.82) is 0 Å². The minimum Gasteiger partial charge on any atom is -0.316 e. The van der Waals surface area contributed by atoms with E-state index in [1.165, 1.54) is 23.9 Å². The van der Waals surface area contributed by atoms with Crippen LogP contribution in [0.25, 0.3) is 10.9 Å². The summed E-state index contributed by atoms with van der Waals surface area (Å²) in [4.78, 5) is 4.78. The van der Waals surface area contributed by atoms with E-state index < -0.39 is 0 Å². The van der Waals surface area contributed by atoms with Crippen LogP contribution in [-0.2, 0) is 0 Å². The van der Waals surface area contributed by atoms with Gasteiger partial charge in [0.05, 0.1) is 5.52 Å². The lowest BCUT2D eigenvalue weighted by atomic mass is 9.95. The molecule has 1 aromatic carbocycles. The fourth-order valence-electron chi connectivity index (χ4n) is 2.44. The minimum atomic E-state index is 0.580.